The Morgan fingerprint density at radius 1 is 0.379 bits per heavy atom. The van der Waals surface area contributed by atoms with E-state index >= 15 is 0 Å². The standard InChI is InChI=1S/C52H34N6/c1-4-16-35(17-5-1)50-54-51(36-18-6-2-7-19-36)56-52(55-50)39-22-14-20-37(32-39)38-21-15-25-41(33-38)57-45-28-12-10-26-42(45)48-43-30-31-53-34-47(43)58(40-23-8-3-9-24-40)49(48)44-27-11-13-29-46(44)57/h1-34H. The highest BCUT2D eigenvalue weighted by Crippen LogP contribution is 2.54. The van der Waals surface area contributed by atoms with Crippen LogP contribution in [0.4, 0.5) is 17.1 Å². The maximum atomic E-state index is 5.01. The van der Waals surface area contributed by atoms with Crippen LogP contribution in [0.5, 0.6) is 0 Å². The molecule has 10 aromatic rings. The fourth-order valence-electron chi connectivity index (χ4n) is 8.27. The molecule has 272 valence electrons. The molecule has 1 aliphatic rings. The first-order valence-corrected chi connectivity index (χ1v) is 19.4. The fraction of sp³-hybridized carbons (Fsp3) is 0. The third-order valence-electron chi connectivity index (χ3n) is 10.9. The number of hydrogen-bond donors (Lipinski definition) is 0. The minimum atomic E-state index is 0.625. The van der Waals surface area contributed by atoms with Gasteiger partial charge in [0.2, 0.25) is 0 Å². The monoisotopic (exact) mass is 742 g/mol. The molecule has 7 aromatic carbocycles. The molecule has 0 saturated carbocycles. The second-order valence-corrected chi connectivity index (χ2v) is 14.3. The average molecular weight is 743 g/mol. The van der Waals surface area contributed by atoms with Crippen molar-refractivity contribution >= 4 is 28.0 Å². The number of hydrogen-bond acceptors (Lipinski definition) is 5. The lowest BCUT2D eigenvalue weighted by molar-refractivity contribution is 1.07. The van der Waals surface area contributed by atoms with Crippen LogP contribution in [0.15, 0.2) is 207 Å². The predicted octanol–water partition coefficient (Wildman–Crippen LogP) is 13.0. The average Bonchev–Trinajstić information content (AvgIpc) is 3.59. The van der Waals surface area contributed by atoms with Gasteiger partial charge in [-0.05, 0) is 59.7 Å². The molecule has 0 spiro atoms. The summed E-state index contributed by atoms with van der Waals surface area (Å²) in [6.45, 7) is 0. The molecule has 0 amide bonds. The van der Waals surface area contributed by atoms with E-state index in [1.54, 1.807) is 0 Å². The number of pyridine rings is 1. The molecule has 6 nitrogen and oxygen atoms in total. The van der Waals surface area contributed by atoms with E-state index in [0.717, 1.165) is 78.3 Å². The van der Waals surface area contributed by atoms with Gasteiger partial charge < -0.3 is 9.47 Å². The van der Waals surface area contributed by atoms with Gasteiger partial charge >= 0.3 is 0 Å². The van der Waals surface area contributed by atoms with Crippen molar-refractivity contribution in [3.8, 4) is 73.4 Å². The topological polar surface area (TPSA) is 59.7 Å². The Balaban J connectivity index is 1.07. The summed E-state index contributed by atoms with van der Waals surface area (Å²) >= 11 is 0. The maximum absolute atomic E-state index is 5.01. The Labute approximate surface area is 336 Å². The van der Waals surface area contributed by atoms with E-state index in [-0.39, 0.29) is 0 Å². The third kappa shape index (κ3) is 5.66. The van der Waals surface area contributed by atoms with Crippen LogP contribution in [0.1, 0.15) is 0 Å². The van der Waals surface area contributed by atoms with Gasteiger partial charge in [0.15, 0.2) is 17.5 Å². The van der Waals surface area contributed by atoms with Crippen LogP contribution in [0.25, 0.3) is 84.3 Å². The number of anilines is 3. The zero-order valence-electron chi connectivity index (χ0n) is 31.3. The summed E-state index contributed by atoms with van der Waals surface area (Å²) in [5.74, 6) is 1.90. The summed E-state index contributed by atoms with van der Waals surface area (Å²) in [5.41, 5.74) is 15.0. The molecular weight excluding hydrogens is 709 g/mol. The molecule has 1 aliphatic heterocycles. The summed E-state index contributed by atoms with van der Waals surface area (Å²) in [5, 5.41) is 1.16. The number of fused-ring (bicyclic) bond motifs is 7. The maximum Gasteiger partial charge on any atom is 0.164 e. The minimum absolute atomic E-state index is 0.625. The van der Waals surface area contributed by atoms with Gasteiger partial charge in [-0.25, -0.2) is 15.0 Å². The van der Waals surface area contributed by atoms with Gasteiger partial charge in [-0.3, -0.25) is 4.98 Å². The third-order valence-corrected chi connectivity index (χ3v) is 10.9. The molecule has 0 fully saturated rings. The van der Waals surface area contributed by atoms with Crippen LogP contribution in [-0.4, -0.2) is 24.5 Å². The Hall–Kier alpha value is -7.96. The molecule has 0 saturated heterocycles. The number of benzene rings is 7. The van der Waals surface area contributed by atoms with Gasteiger partial charge in [0.25, 0.3) is 0 Å². The number of aromatic nitrogens is 5. The number of para-hydroxylation sites is 3. The smallest absolute Gasteiger partial charge is 0.164 e. The highest BCUT2D eigenvalue weighted by atomic mass is 15.2. The first-order valence-electron chi connectivity index (χ1n) is 19.4. The lowest BCUT2D eigenvalue weighted by Gasteiger charge is -2.28. The summed E-state index contributed by atoms with van der Waals surface area (Å²) in [4.78, 5) is 21.9. The molecule has 0 N–H and O–H groups in total. The van der Waals surface area contributed by atoms with Gasteiger partial charge in [-0.15, -0.1) is 0 Å². The van der Waals surface area contributed by atoms with Gasteiger partial charge in [-0.1, -0.05) is 146 Å². The van der Waals surface area contributed by atoms with Crippen LogP contribution in [-0.2, 0) is 0 Å². The van der Waals surface area contributed by atoms with E-state index in [2.05, 4.69) is 148 Å². The molecule has 0 bridgehead atoms. The van der Waals surface area contributed by atoms with Crippen molar-refractivity contribution in [3.63, 3.8) is 0 Å². The van der Waals surface area contributed by atoms with Crippen LogP contribution < -0.4 is 4.90 Å². The van der Waals surface area contributed by atoms with Crippen LogP contribution in [0.3, 0.4) is 0 Å². The first-order chi connectivity index (χ1) is 28.8. The van der Waals surface area contributed by atoms with E-state index in [1.165, 1.54) is 5.56 Å². The summed E-state index contributed by atoms with van der Waals surface area (Å²) in [6, 6.07) is 67.7. The van der Waals surface area contributed by atoms with Crippen molar-refractivity contribution in [1.82, 2.24) is 24.5 Å². The highest BCUT2D eigenvalue weighted by Gasteiger charge is 2.31. The van der Waals surface area contributed by atoms with Gasteiger partial charge in [-0.2, -0.15) is 0 Å². The van der Waals surface area contributed by atoms with Crippen LogP contribution in [0, 0.1) is 0 Å². The molecule has 58 heavy (non-hydrogen) atoms. The van der Waals surface area contributed by atoms with Crippen LogP contribution in [0.2, 0.25) is 0 Å². The fourth-order valence-corrected chi connectivity index (χ4v) is 8.27. The van der Waals surface area contributed by atoms with Crippen molar-refractivity contribution in [3.05, 3.63) is 207 Å². The van der Waals surface area contributed by atoms with Gasteiger partial charge in [0, 0.05) is 56.3 Å². The second-order valence-electron chi connectivity index (χ2n) is 14.3. The minimum Gasteiger partial charge on any atom is -0.309 e. The normalized spacial score (nSPS) is 11.8. The first kappa shape index (κ1) is 33.4. The summed E-state index contributed by atoms with van der Waals surface area (Å²) in [7, 11) is 0. The molecule has 0 radical (unpaired) electrons. The van der Waals surface area contributed by atoms with Gasteiger partial charge in [0.1, 0.15) is 0 Å². The Morgan fingerprint density at radius 2 is 0.879 bits per heavy atom. The van der Waals surface area contributed by atoms with Crippen molar-refractivity contribution in [1.29, 1.82) is 0 Å². The molecule has 0 aliphatic carbocycles. The molecular formula is C52H34N6. The molecule has 3 aromatic heterocycles. The Bertz CT molecular complexity index is 3060. The van der Waals surface area contributed by atoms with Crippen LogP contribution >= 0.6 is 0 Å². The van der Waals surface area contributed by atoms with Crippen molar-refractivity contribution < 1.29 is 0 Å². The highest BCUT2D eigenvalue weighted by molar-refractivity contribution is 6.12. The zero-order valence-corrected chi connectivity index (χ0v) is 31.3. The Morgan fingerprint density at radius 3 is 1.57 bits per heavy atom. The van der Waals surface area contributed by atoms with Crippen molar-refractivity contribution in [2.24, 2.45) is 0 Å². The van der Waals surface area contributed by atoms with E-state index in [9.17, 15) is 0 Å². The molecule has 6 heteroatoms. The molecule has 11 rings (SSSR count). The molecule has 4 heterocycles. The number of nitrogens with zero attached hydrogens (tertiary/aromatic N) is 6. The molecule has 0 atom stereocenters. The SMILES string of the molecule is c1ccc(-c2nc(-c3ccccc3)nc(-c3cccc(-c4cccc(N5c6ccccc6-c6c(n(-c7ccccc7)c7cnccc67)-c6ccccc65)c4)c3)n2)cc1. The van der Waals surface area contributed by atoms with Crippen molar-refractivity contribution in [2.75, 3.05) is 4.90 Å². The largest absolute Gasteiger partial charge is 0.309 e. The second kappa shape index (κ2) is 14.0. The summed E-state index contributed by atoms with van der Waals surface area (Å²) < 4.78 is 2.37. The number of rotatable bonds is 6. The Kier molecular flexibility index (Phi) is 8.04. The lowest BCUT2D eigenvalue weighted by Crippen LogP contribution is -2.11. The van der Waals surface area contributed by atoms with E-state index in [0.29, 0.717) is 17.5 Å². The molecule has 0 unspecified atom stereocenters. The zero-order chi connectivity index (χ0) is 38.4. The quantitative estimate of drug-likeness (QED) is 0.170. The lowest BCUT2D eigenvalue weighted by atomic mass is 9.98. The van der Waals surface area contributed by atoms with E-state index < -0.39 is 0 Å². The van der Waals surface area contributed by atoms with Crippen molar-refractivity contribution in [2.45, 2.75) is 0 Å². The van der Waals surface area contributed by atoms with E-state index in [4.69, 9.17) is 15.0 Å². The van der Waals surface area contributed by atoms with Gasteiger partial charge in [0.05, 0.1) is 28.8 Å². The predicted molar refractivity (Wildman–Crippen MR) is 235 cm³/mol. The van der Waals surface area contributed by atoms with E-state index in [1.807, 2.05) is 73.1 Å². The summed E-state index contributed by atoms with van der Waals surface area (Å²) in [6.07, 6.45) is 3.88.